The Morgan fingerprint density at radius 2 is 2.25 bits per heavy atom. The molecule has 0 saturated heterocycles. The van der Waals surface area contributed by atoms with Gasteiger partial charge in [-0.2, -0.15) is 0 Å². The van der Waals surface area contributed by atoms with Gasteiger partial charge in [-0.15, -0.1) is 11.3 Å². The fourth-order valence-electron chi connectivity index (χ4n) is 1.82. The van der Waals surface area contributed by atoms with Crippen LogP contribution in [-0.4, -0.2) is 15.6 Å². The number of thiophene rings is 1. The van der Waals surface area contributed by atoms with Gasteiger partial charge in [-0.1, -0.05) is 0 Å². The van der Waals surface area contributed by atoms with Gasteiger partial charge in [0.1, 0.15) is 5.82 Å². The van der Waals surface area contributed by atoms with Crippen LogP contribution in [-0.2, 0) is 0 Å². The molecule has 0 saturated carbocycles. The number of aryl methyl sites for hydroxylation is 1. The minimum Gasteiger partial charge on any atom is -0.326 e. The zero-order valence-electron chi connectivity index (χ0n) is 9.22. The Labute approximate surface area is 107 Å². The number of imidazole rings is 1. The van der Waals surface area contributed by atoms with Crippen LogP contribution in [0.25, 0.3) is 0 Å². The molecule has 0 aliphatic rings. The third-order valence-corrected chi connectivity index (χ3v) is 4.24. The van der Waals surface area contributed by atoms with Crippen LogP contribution in [0.1, 0.15) is 23.7 Å². The number of hydrogen-bond acceptors (Lipinski definition) is 3. The lowest BCUT2D eigenvalue weighted by atomic mass is 10.1. The summed E-state index contributed by atoms with van der Waals surface area (Å²) in [6, 6.07) is 4.39. The second kappa shape index (κ2) is 4.69. The molecule has 0 aliphatic heterocycles. The lowest BCUT2D eigenvalue weighted by Crippen LogP contribution is -2.29. The van der Waals surface area contributed by atoms with Crippen molar-refractivity contribution in [3.63, 3.8) is 0 Å². The first-order chi connectivity index (χ1) is 7.59. The highest BCUT2D eigenvalue weighted by molar-refractivity contribution is 9.11. The first kappa shape index (κ1) is 11.8. The van der Waals surface area contributed by atoms with Crippen LogP contribution < -0.4 is 5.73 Å². The van der Waals surface area contributed by atoms with E-state index in [1.54, 1.807) is 11.3 Å². The first-order valence-electron chi connectivity index (χ1n) is 5.10. The van der Waals surface area contributed by atoms with Crippen molar-refractivity contribution in [1.29, 1.82) is 0 Å². The molecule has 2 aromatic heterocycles. The van der Waals surface area contributed by atoms with E-state index < -0.39 is 0 Å². The molecule has 0 fully saturated rings. The Kier molecular flexibility index (Phi) is 3.47. The molecule has 0 amide bonds. The largest absolute Gasteiger partial charge is 0.326 e. The summed E-state index contributed by atoms with van der Waals surface area (Å²) in [6.45, 7) is 4.02. The Morgan fingerprint density at radius 1 is 1.50 bits per heavy atom. The number of hydrogen-bond donors (Lipinski definition) is 1. The van der Waals surface area contributed by atoms with Gasteiger partial charge >= 0.3 is 0 Å². The highest BCUT2D eigenvalue weighted by atomic mass is 79.9. The zero-order chi connectivity index (χ0) is 11.7. The fraction of sp³-hybridized carbons (Fsp3) is 0.364. The van der Waals surface area contributed by atoms with E-state index in [0.29, 0.717) is 0 Å². The Hall–Kier alpha value is -0.650. The van der Waals surface area contributed by atoms with Crippen molar-refractivity contribution >= 4 is 27.3 Å². The Balaban J connectivity index is 2.42. The molecule has 16 heavy (non-hydrogen) atoms. The predicted octanol–water partition coefficient (Wildman–Crippen LogP) is 2.95. The molecule has 3 nitrogen and oxygen atoms in total. The summed E-state index contributed by atoms with van der Waals surface area (Å²) >= 11 is 5.20. The highest BCUT2D eigenvalue weighted by Gasteiger charge is 2.21. The van der Waals surface area contributed by atoms with Crippen molar-refractivity contribution in [3.8, 4) is 0 Å². The van der Waals surface area contributed by atoms with E-state index in [4.69, 9.17) is 5.73 Å². The van der Waals surface area contributed by atoms with E-state index in [2.05, 4.69) is 37.6 Å². The highest BCUT2D eigenvalue weighted by Crippen LogP contribution is 2.31. The van der Waals surface area contributed by atoms with Gasteiger partial charge < -0.3 is 10.3 Å². The average Bonchev–Trinajstić information content (AvgIpc) is 2.78. The van der Waals surface area contributed by atoms with Crippen molar-refractivity contribution in [2.24, 2.45) is 5.73 Å². The molecule has 0 bridgehead atoms. The monoisotopic (exact) mass is 299 g/mol. The second-order valence-electron chi connectivity index (χ2n) is 3.83. The third kappa shape index (κ3) is 2.21. The average molecular weight is 300 g/mol. The molecule has 2 rings (SSSR count). The predicted molar refractivity (Wildman–Crippen MR) is 70.8 cm³/mol. The topological polar surface area (TPSA) is 43.8 Å². The molecule has 0 spiro atoms. The summed E-state index contributed by atoms with van der Waals surface area (Å²) in [5.41, 5.74) is 6.08. The van der Waals surface area contributed by atoms with Crippen molar-refractivity contribution in [1.82, 2.24) is 9.55 Å². The standard InChI is InChI=1S/C11H14BrN3S/c1-7(13)11(9-3-4-10(12)16-9)15-6-5-14-8(15)2/h3-7,11H,13H2,1-2H3. The number of halogens is 1. The molecule has 2 atom stereocenters. The molecule has 2 heterocycles. The van der Waals surface area contributed by atoms with Crippen molar-refractivity contribution in [2.45, 2.75) is 25.9 Å². The van der Waals surface area contributed by atoms with Crippen LogP contribution in [0, 0.1) is 6.92 Å². The Morgan fingerprint density at radius 3 is 2.69 bits per heavy atom. The van der Waals surface area contributed by atoms with Crippen molar-refractivity contribution in [3.05, 3.63) is 39.0 Å². The van der Waals surface area contributed by atoms with Gasteiger partial charge in [0.2, 0.25) is 0 Å². The fourth-order valence-corrected chi connectivity index (χ4v) is 3.46. The summed E-state index contributed by atoms with van der Waals surface area (Å²) in [5, 5.41) is 0. The minimum absolute atomic E-state index is 0.0541. The van der Waals surface area contributed by atoms with Crippen LogP contribution >= 0.6 is 27.3 Å². The molecular weight excluding hydrogens is 286 g/mol. The number of nitrogens with two attached hydrogens (primary N) is 1. The van der Waals surface area contributed by atoms with Gasteiger partial charge in [-0.3, -0.25) is 0 Å². The van der Waals surface area contributed by atoms with Gasteiger partial charge in [0.25, 0.3) is 0 Å². The van der Waals surface area contributed by atoms with E-state index in [1.165, 1.54) is 4.88 Å². The van der Waals surface area contributed by atoms with E-state index in [-0.39, 0.29) is 12.1 Å². The summed E-state index contributed by atoms with van der Waals surface area (Å²) in [4.78, 5) is 5.51. The number of rotatable bonds is 3. The molecule has 5 heteroatoms. The van der Waals surface area contributed by atoms with E-state index in [9.17, 15) is 0 Å². The normalized spacial score (nSPS) is 15.0. The maximum atomic E-state index is 6.08. The maximum absolute atomic E-state index is 6.08. The molecule has 2 aromatic rings. The van der Waals surface area contributed by atoms with Crippen LogP contribution in [0.2, 0.25) is 0 Å². The van der Waals surface area contributed by atoms with E-state index in [0.717, 1.165) is 9.61 Å². The SMILES string of the molecule is Cc1nccn1C(c1ccc(Br)s1)C(C)N. The van der Waals surface area contributed by atoms with Gasteiger partial charge in [-0.25, -0.2) is 4.98 Å². The molecule has 0 aromatic carbocycles. The van der Waals surface area contributed by atoms with Crippen LogP contribution in [0.4, 0.5) is 0 Å². The molecule has 86 valence electrons. The van der Waals surface area contributed by atoms with Gasteiger partial charge in [0, 0.05) is 23.3 Å². The Bertz CT molecular complexity index is 475. The van der Waals surface area contributed by atoms with Crippen LogP contribution in [0.15, 0.2) is 28.3 Å². The lowest BCUT2D eigenvalue weighted by Gasteiger charge is -2.22. The first-order valence-corrected chi connectivity index (χ1v) is 6.71. The van der Waals surface area contributed by atoms with Crippen LogP contribution in [0.5, 0.6) is 0 Å². The summed E-state index contributed by atoms with van der Waals surface area (Å²) in [5.74, 6) is 0.992. The van der Waals surface area contributed by atoms with Crippen molar-refractivity contribution in [2.75, 3.05) is 0 Å². The molecule has 0 aliphatic carbocycles. The van der Waals surface area contributed by atoms with Crippen LogP contribution in [0.3, 0.4) is 0 Å². The molecule has 0 radical (unpaired) electrons. The van der Waals surface area contributed by atoms with E-state index >= 15 is 0 Å². The third-order valence-electron chi connectivity index (χ3n) is 2.55. The quantitative estimate of drug-likeness (QED) is 0.947. The summed E-state index contributed by atoms with van der Waals surface area (Å²) in [7, 11) is 0. The summed E-state index contributed by atoms with van der Waals surface area (Å²) < 4.78 is 3.26. The van der Waals surface area contributed by atoms with Gasteiger partial charge in [0.15, 0.2) is 0 Å². The molecular formula is C11H14BrN3S. The number of aromatic nitrogens is 2. The zero-order valence-corrected chi connectivity index (χ0v) is 11.6. The minimum atomic E-state index is 0.0541. The van der Waals surface area contributed by atoms with Crippen molar-refractivity contribution < 1.29 is 0 Å². The molecule has 2 unspecified atom stereocenters. The smallest absolute Gasteiger partial charge is 0.106 e. The second-order valence-corrected chi connectivity index (χ2v) is 6.32. The lowest BCUT2D eigenvalue weighted by molar-refractivity contribution is 0.493. The molecule has 2 N–H and O–H groups in total. The summed E-state index contributed by atoms with van der Waals surface area (Å²) in [6.07, 6.45) is 3.80. The van der Waals surface area contributed by atoms with Gasteiger partial charge in [0.05, 0.1) is 9.83 Å². The van der Waals surface area contributed by atoms with Gasteiger partial charge in [-0.05, 0) is 41.9 Å². The van der Waals surface area contributed by atoms with E-state index in [1.807, 2.05) is 26.2 Å². The maximum Gasteiger partial charge on any atom is 0.106 e. The number of nitrogens with zero attached hydrogens (tertiary/aromatic N) is 2.